The van der Waals surface area contributed by atoms with Crippen molar-refractivity contribution in [2.24, 2.45) is 5.92 Å². The van der Waals surface area contributed by atoms with E-state index >= 15 is 0 Å². The van der Waals surface area contributed by atoms with Crippen LogP contribution in [0.15, 0.2) is 24.3 Å². The van der Waals surface area contributed by atoms with E-state index < -0.39 is 0 Å². The molecule has 2 aliphatic heterocycles. The molecule has 2 heterocycles. The van der Waals surface area contributed by atoms with Crippen molar-refractivity contribution in [2.75, 3.05) is 76.4 Å². The normalized spacial score (nSPS) is 18.0. The number of methoxy groups -OCH3 is 1. The van der Waals surface area contributed by atoms with Crippen LogP contribution in [0.5, 0.6) is 0 Å². The van der Waals surface area contributed by atoms with Crippen LogP contribution < -0.4 is 15.5 Å². The number of rotatable bonds is 10. The lowest BCUT2D eigenvalue weighted by atomic mass is 9.96. The van der Waals surface area contributed by atoms with Gasteiger partial charge in [0, 0.05) is 63.6 Å². The first-order valence-electron chi connectivity index (χ1n) is 11.4. The van der Waals surface area contributed by atoms with Crippen LogP contribution in [0.2, 0.25) is 0 Å². The number of carbonyl (C=O) groups is 2. The van der Waals surface area contributed by atoms with Gasteiger partial charge in [-0.05, 0) is 56.6 Å². The molecule has 1 aromatic carbocycles. The predicted octanol–water partition coefficient (Wildman–Crippen LogP) is 1.72. The molecule has 0 aromatic heterocycles. The first-order chi connectivity index (χ1) is 15.2. The number of amides is 2. The van der Waals surface area contributed by atoms with Gasteiger partial charge in [-0.2, -0.15) is 0 Å². The molecule has 0 unspecified atom stereocenters. The standard InChI is InChI=1S/C23H36N4O4/c1-30-16-2-10-24-23(29)19-7-11-26(12-8-19)13-9-22(28)25-20-3-5-21(6-4-20)27-14-17-31-18-15-27/h3-6,19H,2,7-18H2,1H3,(H,24,29)(H,25,28). The maximum absolute atomic E-state index is 12.3. The number of piperidine rings is 1. The van der Waals surface area contributed by atoms with E-state index in [-0.39, 0.29) is 17.7 Å². The maximum atomic E-state index is 12.3. The van der Waals surface area contributed by atoms with E-state index in [1.807, 2.05) is 24.3 Å². The molecule has 1 aromatic rings. The van der Waals surface area contributed by atoms with E-state index in [0.29, 0.717) is 19.6 Å². The lowest BCUT2D eigenvalue weighted by Gasteiger charge is -2.31. The third-order valence-corrected chi connectivity index (χ3v) is 5.97. The molecular formula is C23H36N4O4. The number of ether oxygens (including phenoxy) is 2. The summed E-state index contributed by atoms with van der Waals surface area (Å²) < 4.78 is 10.4. The second-order valence-electron chi connectivity index (χ2n) is 8.20. The number of hydrogen-bond acceptors (Lipinski definition) is 6. The highest BCUT2D eigenvalue weighted by Gasteiger charge is 2.24. The Morgan fingerprint density at radius 2 is 1.81 bits per heavy atom. The molecule has 0 spiro atoms. The number of carbonyl (C=O) groups excluding carboxylic acids is 2. The van der Waals surface area contributed by atoms with Gasteiger partial charge in [0.2, 0.25) is 11.8 Å². The van der Waals surface area contributed by atoms with E-state index in [9.17, 15) is 9.59 Å². The molecule has 0 radical (unpaired) electrons. The number of nitrogens with one attached hydrogen (secondary N) is 2. The molecular weight excluding hydrogens is 396 g/mol. The van der Waals surface area contributed by atoms with E-state index in [0.717, 1.165) is 76.6 Å². The molecule has 8 heteroatoms. The number of likely N-dealkylation sites (tertiary alicyclic amines) is 1. The van der Waals surface area contributed by atoms with E-state index in [4.69, 9.17) is 9.47 Å². The van der Waals surface area contributed by atoms with Crippen molar-refractivity contribution in [2.45, 2.75) is 25.7 Å². The topological polar surface area (TPSA) is 83.1 Å². The van der Waals surface area contributed by atoms with Gasteiger partial charge < -0.3 is 29.9 Å². The van der Waals surface area contributed by atoms with Gasteiger partial charge in [-0.1, -0.05) is 0 Å². The summed E-state index contributed by atoms with van der Waals surface area (Å²) in [5.41, 5.74) is 1.98. The van der Waals surface area contributed by atoms with Crippen molar-refractivity contribution in [1.82, 2.24) is 10.2 Å². The summed E-state index contributed by atoms with van der Waals surface area (Å²) in [6.07, 6.45) is 2.99. The lowest BCUT2D eigenvalue weighted by molar-refractivity contribution is -0.126. The molecule has 2 amide bonds. The van der Waals surface area contributed by atoms with Gasteiger partial charge in [-0.3, -0.25) is 9.59 Å². The quantitative estimate of drug-likeness (QED) is 0.548. The van der Waals surface area contributed by atoms with Crippen LogP contribution in [0.4, 0.5) is 11.4 Å². The first kappa shape index (κ1) is 23.5. The summed E-state index contributed by atoms with van der Waals surface area (Å²) in [5.74, 6) is 0.253. The monoisotopic (exact) mass is 432 g/mol. The zero-order valence-electron chi connectivity index (χ0n) is 18.6. The minimum absolute atomic E-state index is 0.0251. The van der Waals surface area contributed by atoms with Gasteiger partial charge in [0.05, 0.1) is 13.2 Å². The molecule has 172 valence electrons. The molecule has 31 heavy (non-hydrogen) atoms. The molecule has 3 rings (SSSR count). The Morgan fingerprint density at radius 3 is 2.48 bits per heavy atom. The predicted molar refractivity (Wildman–Crippen MR) is 121 cm³/mol. The fraction of sp³-hybridized carbons (Fsp3) is 0.652. The van der Waals surface area contributed by atoms with Crippen molar-refractivity contribution in [3.05, 3.63) is 24.3 Å². The number of hydrogen-bond donors (Lipinski definition) is 2. The van der Waals surface area contributed by atoms with Crippen LogP contribution in [0.1, 0.15) is 25.7 Å². The van der Waals surface area contributed by atoms with Gasteiger partial charge in [-0.25, -0.2) is 0 Å². The summed E-state index contributed by atoms with van der Waals surface area (Å²) in [5, 5.41) is 5.98. The fourth-order valence-corrected chi connectivity index (χ4v) is 4.05. The highest BCUT2D eigenvalue weighted by atomic mass is 16.5. The van der Waals surface area contributed by atoms with Gasteiger partial charge in [0.25, 0.3) is 0 Å². The van der Waals surface area contributed by atoms with Gasteiger partial charge >= 0.3 is 0 Å². The molecule has 0 aliphatic carbocycles. The number of benzene rings is 1. The Balaban J connectivity index is 1.32. The Labute approximate surface area is 185 Å². The number of morpholine rings is 1. The summed E-state index contributed by atoms with van der Waals surface area (Å²) in [6, 6.07) is 8.01. The Bertz CT molecular complexity index is 683. The van der Waals surface area contributed by atoms with Crippen LogP contribution in [-0.2, 0) is 19.1 Å². The van der Waals surface area contributed by atoms with Crippen LogP contribution in [0.25, 0.3) is 0 Å². The van der Waals surface area contributed by atoms with Gasteiger partial charge in [-0.15, -0.1) is 0 Å². The molecule has 0 bridgehead atoms. The van der Waals surface area contributed by atoms with Crippen molar-refractivity contribution in [1.29, 1.82) is 0 Å². The summed E-state index contributed by atoms with van der Waals surface area (Å²) in [4.78, 5) is 29.1. The van der Waals surface area contributed by atoms with E-state index in [2.05, 4.69) is 20.4 Å². The first-order valence-corrected chi connectivity index (χ1v) is 11.4. The summed E-state index contributed by atoms with van der Waals surface area (Å²) in [7, 11) is 1.67. The minimum atomic E-state index is 0.0251. The summed E-state index contributed by atoms with van der Waals surface area (Å²) >= 11 is 0. The largest absolute Gasteiger partial charge is 0.385 e. The van der Waals surface area contributed by atoms with Crippen molar-refractivity contribution in [3.8, 4) is 0 Å². The third kappa shape index (κ3) is 7.79. The highest BCUT2D eigenvalue weighted by Crippen LogP contribution is 2.20. The molecule has 8 nitrogen and oxygen atoms in total. The van der Waals surface area contributed by atoms with Crippen LogP contribution in [-0.4, -0.2) is 82.9 Å². The van der Waals surface area contributed by atoms with Crippen molar-refractivity contribution < 1.29 is 19.1 Å². The van der Waals surface area contributed by atoms with E-state index in [1.165, 1.54) is 0 Å². The van der Waals surface area contributed by atoms with Crippen molar-refractivity contribution in [3.63, 3.8) is 0 Å². The zero-order chi connectivity index (χ0) is 21.9. The van der Waals surface area contributed by atoms with Crippen LogP contribution in [0.3, 0.4) is 0 Å². The highest BCUT2D eigenvalue weighted by molar-refractivity contribution is 5.91. The Morgan fingerprint density at radius 1 is 1.10 bits per heavy atom. The van der Waals surface area contributed by atoms with Crippen LogP contribution >= 0.6 is 0 Å². The Kier molecular flexibility index (Phi) is 9.58. The number of nitrogens with zero attached hydrogens (tertiary/aromatic N) is 2. The average Bonchev–Trinajstić information content (AvgIpc) is 2.82. The third-order valence-electron chi connectivity index (χ3n) is 5.97. The molecule has 0 saturated carbocycles. The van der Waals surface area contributed by atoms with Crippen molar-refractivity contribution >= 4 is 23.2 Å². The SMILES string of the molecule is COCCCNC(=O)C1CCN(CCC(=O)Nc2ccc(N3CCOCC3)cc2)CC1. The molecule has 2 fully saturated rings. The molecule has 0 atom stereocenters. The maximum Gasteiger partial charge on any atom is 0.225 e. The van der Waals surface area contributed by atoms with Crippen LogP contribution in [0, 0.1) is 5.92 Å². The molecule has 2 saturated heterocycles. The minimum Gasteiger partial charge on any atom is -0.385 e. The number of anilines is 2. The smallest absolute Gasteiger partial charge is 0.225 e. The molecule has 2 aliphatic rings. The average molecular weight is 433 g/mol. The second-order valence-corrected chi connectivity index (χ2v) is 8.20. The Hall–Kier alpha value is -2.16. The van der Waals surface area contributed by atoms with E-state index in [1.54, 1.807) is 7.11 Å². The van der Waals surface area contributed by atoms with Gasteiger partial charge in [0.15, 0.2) is 0 Å². The lowest BCUT2D eigenvalue weighted by Crippen LogP contribution is -2.41. The summed E-state index contributed by atoms with van der Waals surface area (Å²) in [6.45, 7) is 7.09. The molecule has 2 N–H and O–H groups in total. The fourth-order valence-electron chi connectivity index (χ4n) is 4.05. The zero-order valence-corrected chi connectivity index (χ0v) is 18.6. The second kappa shape index (κ2) is 12.6. The van der Waals surface area contributed by atoms with Gasteiger partial charge in [0.1, 0.15) is 0 Å².